The lowest BCUT2D eigenvalue weighted by Crippen LogP contribution is -2.26. The summed E-state index contributed by atoms with van der Waals surface area (Å²) in [4.78, 5) is 13.0. The van der Waals surface area contributed by atoms with E-state index in [0.717, 1.165) is 30.0 Å². The summed E-state index contributed by atoms with van der Waals surface area (Å²) >= 11 is 0. The number of nitrogens with zero attached hydrogens (tertiary/aromatic N) is 2. The van der Waals surface area contributed by atoms with Crippen LogP contribution in [0, 0.1) is 6.92 Å². The van der Waals surface area contributed by atoms with E-state index in [1.807, 2.05) is 18.3 Å². The van der Waals surface area contributed by atoms with Crippen molar-refractivity contribution in [3.63, 3.8) is 0 Å². The number of benzene rings is 2. The lowest BCUT2D eigenvalue weighted by Gasteiger charge is -2.17. The van der Waals surface area contributed by atoms with Crippen LogP contribution in [0.25, 0.3) is 5.69 Å². The molecule has 5 nitrogen and oxygen atoms in total. The molecular formula is C24H28N4O. The standard InChI is InChI=1S/C24H28N4O/c1-16-5-9-20(10-6-16)28-15-21(22(27-28)24(2,3)4)23(29)26-12-17-7-8-18-13-25-14-19(18)11-17/h5-11,15,25H,12-14H2,1-4H3,(H,26,29). The summed E-state index contributed by atoms with van der Waals surface area (Å²) in [5.41, 5.74) is 7.11. The molecule has 2 aromatic carbocycles. The summed E-state index contributed by atoms with van der Waals surface area (Å²) in [7, 11) is 0. The molecule has 1 aliphatic heterocycles. The maximum Gasteiger partial charge on any atom is 0.255 e. The summed E-state index contributed by atoms with van der Waals surface area (Å²) in [6.45, 7) is 10.6. The SMILES string of the molecule is Cc1ccc(-n2cc(C(=O)NCc3ccc4c(c3)CNC4)c(C(C)(C)C)n2)cc1. The van der Waals surface area contributed by atoms with E-state index in [9.17, 15) is 4.79 Å². The van der Waals surface area contributed by atoms with Crippen molar-refractivity contribution < 1.29 is 4.79 Å². The second-order valence-electron chi connectivity index (χ2n) is 8.81. The van der Waals surface area contributed by atoms with Crippen molar-refractivity contribution in [3.8, 4) is 5.69 Å². The van der Waals surface area contributed by atoms with Gasteiger partial charge in [-0.15, -0.1) is 0 Å². The first-order valence-corrected chi connectivity index (χ1v) is 10.1. The minimum Gasteiger partial charge on any atom is -0.348 e. The van der Waals surface area contributed by atoms with Gasteiger partial charge in [-0.05, 0) is 35.7 Å². The van der Waals surface area contributed by atoms with Crippen LogP contribution in [0.2, 0.25) is 0 Å². The first-order chi connectivity index (χ1) is 13.8. The predicted molar refractivity (Wildman–Crippen MR) is 115 cm³/mol. The first-order valence-electron chi connectivity index (χ1n) is 10.1. The van der Waals surface area contributed by atoms with Gasteiger partial charge >= 0.3 is 0 Å². The number of hydrogen-bond acceptors (Lipinski definition) is 3. The second-order valence-corrected chi connectivity index (χ2v) is 8.81. The number of amides is 1. The Balaban J connectivity index is 1.57. The molecule has 1 aromatic heterocycles. The van der Waals surface area contributed by atoms with Gasteiger partial charge in [-0.2, -0.15) is 5.10 Å². The van der Waals surface area contributed by atoms with E-state index in [4.69, 9.17) is 5.10 Å². The average molecular weight is 389 g/mol. The molecule has 0 unspecified atom stereocenters. The number of hydrogen-bond donors (Lipinski definition) is 2. The summed E-state index contributed by atoms with van der Waals surface area (Å²) < 4.78 is 1.80. The molecule has 29 heavy (non-hydrogen) atoms. The van der Waals surface area contributed by atoms with Gasteiger partial charge in [0.15, 0.2) is 0 Å². The van der Waals surface area contributed by atoms with Crippen molar-refractivity contribution in [2.45, 2.75) is 52.7 Å². The highest BCUT2D eigenvalue weighted by atomic mass is 16.1. The Morgan fingerprint density at radius 3 is 2.55 bits per heavy atom. The van der Waals surface area contributed by atoms with Crippen LogP contribution >= 0.6 is 0 Å². The molecule has 0 atom stereocenters. The van der Waals surface area contributed by atoms with E-state index in [0.29, 0.717) is 12.1 Å². The molecule has 3 aromatic rings. The molecule has 2 N–H and O–H groups in total. The molecule has 0 bridgehead atoms. The van der Waals surface area contributed by atoms with Crippen LogP contribution in [0.4, 0.5) is 0 Å². The van der Waals surface area contributed by atoms with E-state index >= 15 is 0 Å². The molecule has 1 aliphatic rings. The number of rotatable bonds is 4. The van der Waals surface area contributed by atoms with E-state index in [1.165, 1.54) is 16.7 Å². The maximum atomic E-state index is 13.0. The maximum absolute atomic E-state index is 13.0. The Bertz CT molecular complexity index is 1040. The van der Waals surface area contributed by atoms with E-state index in [1.54, 1.807) is 4.68 Å². The third-order valence-electron chi connectivity index (χ3n) is 5.32. The smallest absolute Gasteiger partial charge is 0.255 e. The minimum absolute atomic E-state index is 0.0908. The number of nitrogens with one attached hydrogen (secondary N) is 2. The fourth-order valence-electron chi connectivity index (χ4n) is 3.66. The van der Waals surface area contributed by atoms with Crippen molar-refractivity contribution in [1.29, 1.82) is 0 Å². The zero-order valence-electron chi connectivity index (χ0n) is 17.5. The number of fused-ring (bicyclic) bond motifs is 1. The van der Waals surface area contributed by atoms with Crippen LogP contribution in [0.1, 0.15) is 59.1 Å². The fourth-order valence-corrected chi connectivity index (χ4v) is 3.66. The van der Waals surface area contributed by atoms with Gasteiger partial charge in [0.25, 0.3) is 5.91 Å². The van der Waals surface area contributed by atoms with Crippen LogP contribution in [0.15, 0.2) is 48.7 Å². The van der Waals surface area contributed by atoms with Gasteiger partial charge in [-0.25, -0.2) is 4.68 Å². The number of aryl methyl sites for hydroxylation is 1. The fraction of sp³-hybridized carbons (Fsp3) is 0.333. The molecule has 5 heteroatoms. The molecule has 2 heterocycles. The molecule has 1 amide bonds. The molecular weight excluding hydrogens is 360 g/mol. The molecule has 0 fully saturated rings. The highest BCUT2D eigenvalue weighted by molar-refractivity contribution is 5.95. The van der Waals surface area contributed by atoms with Crippen molar-refractivity contribution in [2.24, 2.45) is 0 Å². The summed E-state index contributed by atoms with van der Waals surface area (Å²) in [6.07, 6.45) is 1.84. The largest absolute Gasteiger partial charge is 0.348 e. The Labute approximate surface area is 172 Å². The molecule has 0 saturated heterocycles. The monoisotopic (exact) mass is 388 g/mol. The van der Waals surface area contributed by atoms with Crippen LogP contribution < -0.4 is 10.6 Å². The van der Waals surface area contributed by atoms with Gasteiger partial charge < -0.3 is 10.6 Å². The normalized spacial score (nSPS) is 13.4. The quantitative estimate of drug-likeness (QED) is 0.710. The van der Waals surface area contributed by atoms with Gasteiger partial charge in [0.05, 0.1) is 16.9 Å². The third kappa shape index (κ3) is 4.10. The zero-order valence-corrected chi connectivity index (χ0v) is 17.5. The van der Waals surface area contributed by atoms with Gasteiger partial charge in [0.1, 0.15) is 0 Å². The van der Waals surface area contributed by atoms with Crippen molar-refractivity contribution in [3.05, 3.63) is 82.2 Å². The van der Waals surface area contributed by atoms with Gasteiger partial charge in [-0.1, -0.05) is 56.7 Å². The average Bonchev–Trinajstić information content (AvgIpc) is 3.33. The Hall–Kier alpha value is -2.92. The van der Waals surface area contributed by atoms with Crippen molar-refractivity contribution >= 4 is 5.91 Å². The van der Waals surface area contributed by atoms with Gasteiger partial charge in [0, 0.05) is 31.2 Å². The molecule has 150 valence electrons. The van der Waals surface area contributed by atoms with Crippen LogP contribution in [-0.2, 0) is 25.0 Å². The van der Waals surface area contributed by atoms with Gasteiger partial charge in [0.2, 0.25) is 0 Å². The Kier molecular flexibility index (Phi) is 5.01. The molecule has 0 spiro atoms. The van der Waals surface area contributed by atoms with Crippen LogP contribution in [0.5, 0.6) is 0 Å². The lowest BCUT2D eigenvalue weighted by atomic mass is 9.89. The molecule has 0 saturated carbocycles. The lowest BCUT2D eigenvalue weighted by molar-refractivity contribution is 0.0948. The van der Waals surface area contributed by atoms with E-state index in [2.05, 4.69) is 68.7 Å². The van der Waals surface area contributed by atoms with Gasteiger partial charge in [-0.3, -0.25) is 4.79 Å². The number of aromatic nitrogens is 2. The summed E-state index contributed by atoms with van der Waals surface area (Å²) in [5.74, 6) is -0.0908. The molecule has 0 aliphatic carbocycles. The second kappa shape index (κ2) is 7.48. The molecule has 4 rings (SSSR count). The third-order valence-corrected chi connectivity index (χ3v) is 5.32. The number of carbonyl (C=O) groups is 1. The first kappa shape index (κ1) is 19.4. The summed E-state index contributed by atoms with van der Waals surface area (Å²) in [5, 5.41) is 11.2. The minimum atomic E-state index is -0.234. The Morgan fingerprint density at radius 1 is 1.10 bits per heavy atom. The predicted octanol–water partition coefficient (Wildman–Crippen LogP) is 4.01. The topological polar surface area (TPSA) is 59.0 Å². The van der Waals surface area contributed by atoms with Crippen molar-refractivity contribution in [2.75, 3.05) is 0 Å². The van der Waals surface area contributed by atoms with Crippen molar-refractivity contribution in [1.82, 2.24) is 20.4 Å². The number of carbonyl (C=O) groups excluding carboxylic acids is 1. The molecule has 0 radical (unpaired) electrons. The zero-order chi connectivity index (χ0) is 20.6. The van der Waals surface area contributed by atoms with E-state index < -0.39 is 0 Å². The van der Waals surface area contributed by atoms with E-state index in [-0.39, 0.29) is 11.3 Å². The summed E-state index contributed by atoms with van der Waals surface area (Å²) in [6, 6.07) is 14.6. The highest BCUT2D eigenvalue weighted by Crippen LogP contribution is 2.26. The van der Waals surface area contributed by atoms with Crippen LogP contribution in [-0.4, -0.2) is 15.7 Å². The van der Waals surface area contributed by atoms with Crippen LogP contribution in [0.3, 0.4) is 0 Å². The Morgan fingerprint density at radius 2 is 1.83 bits per heavy atom. The highest BCUT2D eigenvalue weighted by Gasteiger charge is 2.26.